The second-order valence-electron chi connectivity index (χ2n) is 7.44. The molecule has 2 amide bonds. The van der Waals surface area contributed by atoms with Crippen LogP contribution in [-0.2, 0) is 4.79 Å². The molecule has 0 unspecified atom stereocenters. The van der Waals surface area contributed by atoms with Crippen molar-refractivity contribution >= 4 is 11.8 Å². The molecule has 5 heteroatoms. The molecular weight excluding hydrogens is 302 g/mol. The molecule has 0 spiro atoms. The van der Waals surface area contributed by atoms with Gasteiger partial charge in [0.15, 0.2) is 0 Å². The molecular formula is C19H29N3O2. The number of H-pyrrole nitrogens is 1. The van der Waals surface area contributed by atoms with Crippen LogP contribution >= 0.6 is 0 Å². The highest BCUT2D eigenvalue weighted by Crippen LogP contribution is 2.22. The maximum absolute atomic E-state index is 12.8. The fourth-order valence-corrected chi connectivity index (χ4v) is 4.05. The van der Waals surface area contributed by atoms with Crippen molar-refractivity contribution in [2.75, 3.05) is 13.1 Å². The number of piperidine rings is 1. The molecule has 1 atom stereocenters. The topological polar surface area (TPSA) is 65.2 Å². The maximum Gasteiger partial charge on any atom is 0.270 e. The predicted octanol–water partition coefficient (Wildman–Crippen LogP) is 2.93. The Labute approximate surface area is 144 Å². The van der Waals surface area contributed by atoms with Crippen molar-refractivity contribution in [3.63, 3.8) is 0 Å². The number of aromatic nitrogens is 1. The zero-order chi connectivity index (χ0) is 17.1. The number of carbonyl (C=O) groups excluding carboxylic acids is 2. The first-order valence-corrected chi connectivity index (χ1v) is 9.30. The number of hydrogen-bond acceptors (Lipinski definition) is 2. The van der Waals surface area contributed by atoms with Crippen molar-refractivity contribution in [2.45, 2.75) is 64.8 Å². The summed E-state index contributed by atoms with van der Waals surface area (Å²) < 4.78 is 0. The molecule has 1 saturated heterocycles. The lowest BCUT2D eigenvalue weighted by molar-refractivity contribution is -0.127. The molecule has 2 aliphatic rings. The number of aromatic amines is 1. The Bertz CT molecular complexity index is 602. The molecule has 1 aliphatic carbocycles. The highest BCUT2D eigenvalue weighted by molar-refractivity contribution is 5.94. The van der Waals surface area contributed by atoms with Crippen LogP contribution in [0.2, 0.25) is 0 Å². The zero-order valence-corrected chi connectivity index (χ0v) is 14.9. The van der Waals surface area contributed by atoms with E-state index in [1.54, 1.807) is 0 Å². The Morgan fingerprint density at radius 2 is 1.88 bits per heavy atom. The third-order valence-corrected chi connectivity index (χ3v) is 5.39. The van der Waals surface area contributed by atoms with Gasteiger partial charge >= 0.3 is 0 Å². The first-order chi connectivity index (χ1) is 11.5. The summed E-state index contributed by atoms with van der Waals surface area (Å²) in [7, 11) is 0. The largest absolute Gasteiger partial charge is 0.354 e. The van der Waals surface area contributed by atoms with E-state index in [1.165, 1.54) is 19.3 Å². The summed E-state index contributed by atoms with van der Waals surface area (Å²) in [6, 6.07) is 2.33. The summed E-state index contributed by atoms with van der Waals surface area (Å²) in [5.74, 6) is 0.0931. The zero-order valence-electron chi connectivity index (χ0n) is 14.9. The predicted molar refractivity (Wildman–Crippen MR) is 93.9 cm³/mol. The Hall–Kier alpha value is -1.78. The molecule has 1 aromatic heterocycles. The van der Waals surface area contributed by atoms with Gasteiger partial charge in [-0.05, 0) is 51.2 Å². The van der Waals surface area contributed by atoms with E-state index in [-0.39, 0.29) is 17.7 Å². The molecule has 132 valence electrons. The minimum absolute atomic E-state index is 0.0239. The molecule has 5 nitrogen and oxygen atoms in total. The molecule has 1 saturated carbocycles. The molecule has 1 aliphatic heterocycles. The first kappa shape index (κ1) is 17.1. The summed E-state index contributed by atoms with van der Waals surface area (Å²) in [6.45, 7) is 5.19. The van der Waals surface area contributed by atoms with Gasteiger partial charge in [0.25, 0.3) is 5.91 Å². The van der Waals surface area contributed by atoms with E-state index >= 15 is 0 Å². The third kappa shape index (κ3) is 3.82. The van der Waals surface area contributed by atoms with E-state index in [0.29, 0.717) is 18.3 Å². The van der Waals surface area contributed by atoms with Crippen molar-refractivity contribution in [1.82, 2.24) is 15.2 Å². The Kier molecular flexibility index (Phi) is 5.27. The van der Waals surface area contributed by atoms with Gasteiger partial charge in [-0.1, -0.05) is 19.3 Å². The van der Waals surface area contributed by atoms with Crippen molar-refractivity contribution in [2.24, 2.45) is 5.92 Å². The van der Waals surface area contributed by atoms with Gasteiger partial charge in [0, 0.05) is 24.8 Å². The molecule has 1 aromatic rings. The standard InChI is InChI=1S/C19H29N3O2/c1-13-11-14(2)20-17(13)19(24)22-10-6-7-15(12-22)18(23)21-16-8-4-3-5-9-16/h11,15-16,20H,3-10,12H2,1-2H3,(H,21,23)/t15-/m1/s1. The van der Waals surface area contributed by atoms with Crippen LogP contribution in [-0.4, -0.2) is 40.8 Å². The van der Waals surface area contributed by atoms with Crippen LogP contribution in [0.5, 0.6) is 0 Å². The first-order valence-electron chi connectivity index (χ1n) is 9.30. The minimum Gasteiger partial charge on any atom is -0.354 e. The van der Waals surface area contributed by atoms with Crippen LogP contribution in [0.4, 0.5) is 0 Å². The fraction of sp³-hybridized carbons (Fsp3) is 0.684. The summed E-state index contributed by atoms with van der Waals surface area (Å²) in [6.07, 6.45) is 7.69. The summed E-state index contributed by atoms with van der Waals surface area (Å²) in [4.78, 5) is 30.3. The number of rotatable bonds is 3. The van der Waals surface area contributed by atoms with E-state index in [9.17, 15) is 9.59 Å². The maximum atomic E-state index is 12.8. The van der Waals surface area contributed by atoms with E-state index in [4.69, 9.17) is 0 Å². The van der Waals surface area contributed by atoms with Crippen LogP contribution in [0.15, 0.2) is 6.07 Å². The second-order valence-corrected chi connectivity index (χ2v) is 7.44. The van der Waals surface area contributed by atoms with Crippen molar-refractivity contribution in [1.29, 1.82) is 0 Å². The highest BCUT2D eigenvalue weighted by Gasteiger charge is 2.31. The van der Waals surface area contributed by atoms with Gasteiger partial charge in [0.05, 0.1) is 5.92 Å². The van der Waals surface area contributed by atoms with Crippen molar-refractivity contribution in [3.8, 4) is 0 Å². The second kappa shape index (κ2) is 7.41. The molecule has 24 heavy (non-hydrogen) atoms. The number of hydrogen-bond donors (Lipinski definition) is 2. The van der Waals surface area contributed by atoms with E-state index in [0.717, 1.165) is 43.5 Å². The van der Waals surface area contributed by atoms with Crippen LogP contribution in [0, 0.1) is 19.8 Å². The average Bonchev–Trinajstić information content (AvgIpc) is 2.93. The third-order valence-electron chi connectivity index (χ3n) is 5.39. The summed E-state index contributed by atoms with van der Waals surface area (Å²) >= 11 is 0. The van der Waals surface area contributed by atoms with Crippen LogP contribution in [0.25, 0.3) is 0 Å². The lowest BCUT2D eigenvalue weighted by atomic mass is 9.93. The number of nitrogens with one attached hydrogen (secondary N) is 2. The Morgan fingerprint density at radius 3 is 2.54 bits per heavy atom. The number of aryl methyl sites for hydroxylation is 2. The minimum atomic E-state index is -0.0685. The highest BCUT2D eigenvalue weighted by atomic mass is 16.2. The smallest absolute Gasteiger partial charge is 0.270 e. The van der Waals surface area contributed by atoms with Gasteiger partial charge in [0.2, 0.25) is 5.91 Å². The van der Waals surface area contributed by atoms with Gasteiger partial charge < -0.3 is 15.2 Å². The fourth-order valence-electron chi connectivity index (χ4n) is 4.05. The van der Waals surface area contributed by atoms with Gasteiger partial charge in [-0.2, -0.15) is 0 Å². The monoisotopic (exact) mass is 331 g/mol. The molecule has 0 radical (unpaired) electrons. The molecule has 0 bridgehead atoms. The number of carbonyl (C=O) groups is 2. The van der Waals surface area contributed by atoms with E-state index < -0.39 is 0 Å². The SMILES string of the molecule is Cc1cc(C)c(C(=O)N2CCC[C@@H](C(=O)NC3CCCCC3)C2)[nH]1. The van der Waals surface area contributed by atoms with Crippen molar-refractivity contribution in [3.05, 3.63) is 23.0 Å². The van der Waals surface area contributed by atoms with Gasteiger partial charge in [-0.25, -0.2) is 0 Å². The lowest BCUT2D eigenvalue weighted by Crippen LogP contribution is -2.48. The molecule has 2 N–H and O–H groups in total. The van der Waals surface area contributed by atoms with Crippen LogP contribution in [0.3, 0.4) is 0 Å². The number of nitrogens with zero attached hydrogens (tertiary/aromatic N) is 1. The van der Waals surface area contributed by atoms with E-state index in [1.807, 2.05) is 24.8 Å². The quantitative estimate of drug-likeness (QED) is 0.894. The molecule has 3 rings (SSSR count). The van der Waals surface area contributed by atoms with Crippen LogP contribution < -0.4 is 5.32 Å². The molecule has 0 aromatic carbocycles. The number of amides is 2. The Morgan fingerprint density at radius 1 is 1.12 bits per heavy atom. The van der Waals surface area contributed by atoms with Crippen molar-refractivity contribution < 1.29 is 9.59 Å². The van der Waals surface area contributed by atoms with Gasteiger partial charge in [-0.3, -0.25) is 9.59 Å². The van der Waals surface area contributed by atoms with Gasteiger partial charge in [0.1, 0.15) is 5.69 Å². The summed E-state index contributed by atoms with van der Waals surface area (Å²) in [5, 5.41) is 3.22. The number of likely N-dealkylation sites (tertiary alicyclic amines) is 1. The normalized spacial score (nSPS) is 22.4. The van der Waals surface area contributed by atoms with Crippen LogP contribution in [0.1, 0.15) is 66.7 Å². The lowest BCUT2D eigenvalue weighted by Gasteiger charge is -2.33. The molecule has 2 heterocycles. The van der Waals surface area contributed by atoms with E-state index in [2.05, 4.69) is 10.3 Å². The Balaban J connectivity index is 1.60. The summed E-state index contributed by atoms with van der Waals surface area (Å²) in [5.41, 5.74) is 2.64. The average molecular weight is 331 g/mol. The molecule has 2 fully saturated rings. The van der Waals surface area contributed by atoms with Gasteiger partial charge in [-0.15, -0.1) is 0 Å².